The van der Waals surface area contributed by atoms with Crippen molar-refractivity contribution in [1.82, 2.24) is 5.01 Å². The van der Waals surface area contributed by atoms with Crippen LogP contribution in [-0.2, 0) is 0 Å². The van der Waals surface area contributed by atoms with E-state index in [0.717, 1.165) is 17.3 Å². The van der Waals surface area contributed by atoms with Crippen LogP contribution in [0.25, 0.3) is 0 Å². The predicted molar refractivity (Wildman–Crippen MR) is 60.9 cm³/mol. The van der Waals surface area contributed by atoms with Crippen LogP contribution in [0.5, 0.6) is 0 Å². The zero-order valence-corrected chi connectivity index (χ0v) is 9.52. The Kier molecular flexibility index (Phi) is 4.38. The second kappa shape index (κ2) is 5.77. The van der Waals surface area contributed by atoms with Crippen LogP contribution in [0.3, 0.4) is 0 Å². The number of hydrogen-bond donors (Lipinski definition) is 2. The summed E-state index contributed by atoms with van der Waals surface area (Å²) in [6.07, 6.45) is 0.292. The van der Waals surface area contributed by atoms with E-state index in [1.807, 2.05) is 0 Å². The summed E-state index contributed by atoms with van der Waals surface area (Å²) in [5.41, 5.74) is 5.03. The monoisotopic (exact) mass is 256 g/mol. The molecule has 1 heterocycles. The number of carbonyl (C=O) groups is 1. The molecule has 0 bridgehead atoms. The second-order valence-corrected chi connectivity index (χ2v) is 3.45. The molecule has 9 heteroatoms. The summed E-state index contributed by atoms with van der Waals surface area (Å²) >= 11 is 0. The average molecular weight is 256 g/mol. The predicted octanol–water partition coefficient (Wildman–Crippen LogP) is 0.283. The van der Waals surface area contributed by atoms with Crippen molar-refractivity contribution in [3.8, 4) is 0 Å². The number of primary amides is 1. The number of carbonyl (C=O) groups excluding carboxylic acids is 1. The molecule has 3 N–H and O–H groups in total. The number of furan rings is 1. The van der Waals surface area contributed by atoms with Crippen LogP contribution in [0, 0.1) is 10.1 Å². The number of nitro groups is 1. The Labute approximate surface area is 102 Å². The van der Waals surface area contributed by atoms with E-state index in [-0.39, 0.29) is 12.3 Å². The van der Waals surface area contributed by atoms with Crippen LogP contribution < -0.4 is 5.73 Å². The van der Waals surface area contributed by atoms with Gasteiger partial charge in [-0.1, -0.05) is 0 Å². The van der Waals surface area contributed by atoms with E-state index >= 15 is 0 Å². The summed E-state index contributed by atoms with van der Waals surface area (Å²) in [5, 5.41) is 23.9. The van der Waals surface area contributed by atoms with Crippen LogP contribution in [0.1, 0.15) is 12.7 Å². The van der Waals surface area contributed by atoms with Gasteiger partial charge < -0.3 is 15.3 Å². The summed E-state index contributed by atoms with van der Waals surface area (Å²) < 4.78 is 4.79. The number of urea groups is 1. The van der Waals surface area contributed by atoms with Crippen molar-refractivity contribution in [3.63, 3.8) is 0 Å². The third-order valence-electron chi connectivity index (χ3n) is 1.81. The van der Waals surface area contributed by atoms with Gasteiger partial charge in [-0.15, -0.1) is 0 Å². The van der Waals surface area contributed by atoms with Gasteiger partial charge in [0, 0.05) is 0 Å². The highest BCUT2D eigenvalue weighted by molar-refractivity contribution is 5.79. The summed E-state index contributed by atoms with van der Waals surface area (Å²) in [4.78, 5) is 20.6. The van der Waals surface area contributed by atoms with Crippen LogP contribution in [0.15, 0.2) is 21.7 Å². The van der Waals surface area contributed by atoms with E-state index in [4.69, 9.17) is 15.3 Å². The molecule has 98 valence electrons. The van der Waals surface area contributed by atoms with E-state index in [1.54, 1.807) is 0 Å². The largest absolute Gasteiger partial charge is 0.433 e. The topological polar surface area (TPSA) is 135 Å². The van der Waals surface area contributed by atoms with Gasteiger partial charge in [0.2, 0.25) is 0 Å². The molecular weight excluding hydrogens is 244 g/mol. The minimum absolute atomic E-state index is 0.0887. The fraction of sp³-hybridized carbons (Fsp3) is 0.333. The lowest BCUT2D eigenvalue weighted by molar-refractivity contribution is -0.402. The van der Waals surface area contributed by atoms with E-state index in [9.17, 15) is 14.9 Å². The lowest BCUT2D eigenvalue weighted by atomic mass is 10.4. The third kappa shape index (κ3) is 3.87. The molecule has 18 heavy (non-hydrogen) atoms. The zero-order chi connectivity index (χ0) is 13.7. The number of aliphatic hydroxyl groups is 1. The molecule has 0 aliphatic rings. The van der Waals surface area contributed by atoms with Crippen LogP contribution in [0.4, 0.5) is 10.7 Å². The van der Waals surface area contributed by atoms with Gasteiger partial charge in [0.05, 0.1) is 24.9 Å². The Morgan fingerprint density at radius 3 is 2.89 bits per heavy atom. The molecule has 1 unspecified atom stereocenters. The van der Waals surface area contributed by atoms with Crippen molar-refractivity contribution in [2.75, 3.05) is 6.54 Å². The number of rotatable bonds is 5. The summed E-state index contributed by atoms with van der Waals surface area (Å²) in [6, 6.07) is 1.63. The smallest absolute Gasteiger partial charge is 0.400 e. The minimum atomic E-state index is -0.854. The van der Waals surface area contributed by atoms with Gasteiger partial charge in [0.1, 0.15) is 4.92 Å². The first-order valence-electron chi connectivity index (χ1n) is 4.93. The highest BCUT2D eigenvalue weighted by atomic mass is 16.6. The highest BCUT2D eigenvalue weighted by Gasteiger charge is 2.13. The van der Waals surface area contributed by atoms with Crippen molar-refractivity contribution in [2.45, 2.75) is 13.0 Å². The molecule has 0 spiro atoms. The minimum Gasteiger partial charge on any atom is -0.400 e. The van der Waals surface area contributed by atoms with Crippen LogP contribution in [-0.4, -0.2) is 39.9 Å². The number of hydrazone groups is 1. The van der Waals surface area contributed by atoms with Gasteiger partial charge in [-0.2, -0.15) is 5.10 Å². The van der Waals surface area contributed by atoms with Gasteiger partial charge in [-0.3, -0.25) is 10.1 Å². The quantitative estimate of drug-likeness (QED) is 0.443. The van der Waals surface area contributed by atoms with Crippen LogP contribution >= 0.6 is 0 Å². The fourth-order valence-electron chi connectivity index (χ4n) is 1.08. The Hall–Kier alpha value is -2.42. The first-order chi connectivity index (χ1) is 8.40. The molecule has 0 aliphatic carbocycles. The second-order valence-electron chi connectivity index (χ2n) is 3.45. The SMILES string of the molecule is CC(O)CN(N=Cc1ccc([N+](=O)[O-])o1)C(N)=O. The molecule has 9 nitrogen and oxygen atoms in total. The maximum atomic E-state index is 11.0. The molecule has 2 amide bonds. The molecule has 0 aliphatic heterocycles. The van der Waals surface area contributed by atoms with E-state index in [0.29, 0.717) is 0 Å². The van der Waals surface area contributed by atoms with Gasteiger partial charge in [0.25, 0.3) is 0 Å². The Balaban J connectivity index is 2.75. The molecule has 0 saturated carbocycles. The van der Waals surface area contributed by atoms with E-state index < -0.39 is 22.9 Å². The molecule has 0 radical (unpaired) electrons. The normalized spacial score (nSPS) is 12.6. The van der Waals surface area contributed by atoms with Crippen molar-refractivity contribution in [1.29, 1.82) is 0 Å². The molecular formula is C9H12N4O5. The van der Waals surface area contributed by atoms with E-state index in [2.05, 4.69) is 5.10 Å². The average Bonchev–Trinajstić information content (AvgIpc) is 2.72. The lowest BCUT2D eigenvalue weighted by Gasteiger charge is -2.15. The van der Waals surface area contributed by atoms with Gasteiger partial charge in [0.15, 0.2) is 5.76 Å². The van der Waals surface area contributed by atoms with Crippen molar-refractivity contribution >= 4 is 18.1 Å². The number of nitrogens with two attached hydrogens (primary N) is 1. The maximum Gasteiger partial charge on any atom is 0.433 e. The van der Waals surface area contributed by atoms with Gasteiger partial charge >= 0.3 is 11.9 Å². The molecule has 1 atom stereocenters. The first-order valence-corrected chi connectivity index (χ1v) is 4.93. The number of aliphatic hydroxyl groups excluding tert-OH is 1. The summed E-state index contributed by atoms with van der Waals surface area (Å²) in [6.45, 7) is 1.37. The van der Waals surface area contributed by atoms with Crippen molar-refractivity contribution in [2.24, 2.45) is 10.8 Å². The van der Waals surface area contributed by atoms with Crippen molar-refractivity contribution < 1.29 is 19.2 Å². The summed E-state index contributed by atoms with van der Waals surface area (Å²) in [5.74, 6) is -0.337. The molecule has 0 fully saturated rings. The molecule has 1 rings (SSSR count). The summed E-state index contributed by atoms with van der Waals surface area (Å²) in [7, 11) is 0. The Morgan fingerprint density at radius 1 is 1.78 bits per heavy atom. The molecule has 0 aromatic carbocycles. The molecule has 1 aromatic rings. The zero-order valence-electron chi connectivity index (χ0n) is 9.52. The fourth-order valence-corrected chi connectivity index (χ4v) is 1.08. The highest BCUT2D eigenvalue weighted by Crippen LogP contribution is 2.13. The Morgan fingerprint density at radius 2 is 2.44 bits per heavy atom. The van der Waals surface area contributed by atoms with Crippen LogP contribution in [0.2, 0.25) is 0 Å². The maximum absolute atomic E-state index is 11.0. The lowest BCUT2D eigenvalue weighted by Crippen LogP contribution is -2.36. The third-order valence-corrected chi connectivity index (χ3v) is 1.81. The van der Waals surface area contributed by atoms with Gasteiger partial charge in [-0.25, -0.2) is 9.80 Å². The number of hydrogen-bond acceptors (Lipinski definition) is 6. The first kappa shape index (κ1) is 13.6. The number of nitrogens with zero attached hydrogens (tertiary/aromatic N) is 3. The molecule has 0 saturated heterocycles. The van der Waals surface area contributed by atoms with Crippen molar-refractivity contribution in [3.05, 3.63) is 28.0 Å². The molecule has 1 aromatic heterocycles. The Bertz CT molecular complexity index is 467. The standard InChI is InChI=1S/C9H12N4O5/c1-6(14)5-12(9(10)15)11-4-7-2-3-8(18-7)13(16)17/h2-4,6,14H,5H2,1H3,(H2,10,15). The number of amides is 2. The van der Waals surface area contributed by atoms with E-state index in [1.165, 1.54) is 13.0 Å². The van der Waals surface area contributed by atoms with Gasteiger partial charge in [-0.05, 0) is 13.0 Å².